The molecule has 2 aromatic heterocycles. The molecule has 1 aliphatic rings. The Morgan fingerprint density at radius 3 is 2.45 bits per heavy atom. The van der Waals surface area contributed by atoms with Gasteiger partial charge in [-0.05, 0) is 52.9 Å². The topological polar surface area (TPSA) is 62.1 Å². The number of aliphatic hydroxyl groups is 1. The third-order valence-electron chi connectivity index (χ3n) is 7.08. The Hall–Kier alpha value is -4.34. The van der Waals surface area contributed by atoms with Crippen LogP contribution < -0.4 is 0 Å². The predicted octanol–water partition coefficient (Wildman–Crippen LogP) is 6.50. The zero-order valence-corrected chi connectivity index (χ0v) is 22.6. The van der Waals surface area contributed by atoms with Gasteiger partial charge in [0.1, 0.15) is 6.23 Å². The average Bonchev–Trinajstić information content (AvgIpc) is 3.02. The molecule has 3 heterocycles. The van der Waals surface area contributed by atoms with E-state index in [1.54, 1.807) is 0 Å². The van der Waals surface area contributed by atoms with Crippen molar-refractivity contribution in [1.82, 2.24) is 19.9 Å². The minimum Gasteiger partial charge on any atom is -0.374 e. The first-order chi connectivity index (χ1) is 19.7. The summed E-state index contributed by atoms with van der Waals surface area (Å²) in [5.41, 5.74) is 7.87. The molecule has 0 radical (unpaired) electrons. The Balaban J connectivity index is 1.13. The van der Waals surface area contributed by atoms with Crippen molar-refractivity contribution in [3.8, 4) is 23.2 Å². The van der Waals surface area contributed by atoms with Crippen LogP contribution in [-0.2, 0) is 13.0 Å². The number of aromatic nitrogens is 3. The highest BCUT2D eigenvalue weighted by Gasteiger charge is 2.25. The molecule has 5 aromatic rings. The van der Waals surface area contributed by atoms with Crippen LogP contribution in [0.1, 0.15) is 39.7 Å². The molecule has 6 heteroatoms. The number of benzene rings is 3. The summed E-state index contributed by atoms with van der Waals surface area (Å²) in [6.07, 6.45) is 7.94. The fourth-order valence-corrected chi connectivity index (χ4v) is 4.93. The lowest BCUT2D eigenvalue weighted by Gasteiger charge is -2.32. The highest BCUT2D eigenvalue weighted by atomic mass is 35.5. The molecule has 1 atom stereocenters. The van der Waals surface area contributed by atoms with E-state index < -0.39 is 6.23 Å². The van der Waals surface area contributed by atoms with Gasteiger partial charge in [-0.2, -0.15) is 0 Å². The maximum Gasteiger partial charge on any atom is 0.161 e. The lowest BCUT2D eigenvalue weighted by Crippen LogP contribution is -2.34. The molecule has 0 amide bonds. The lowest BCUT2D eigenvalue weighted by atomic mass is 10.0. The minimum absolute atomic E-state index is 0.330. The SMILES string of the molecule is OC(c1ccc(/C=C/c2ccc(C#CCCl)cc2)cc1)N1CCc2cnc(-c3cnc4ccccc4c3)nc2C1. The van der Waals surface area contributed by atoms with Crippen LogP contribution >= 0.6 is 11.6 Å². The van der Waals surface area contributed by atoms with Crippen molar-refractivity contribution in [2.75, 3.05) is 12.4 Å². The van der Waals surface area contributed by atoms with Crippen molar-refractivity contribution in [3.05, 3.63) is 125 Å². The van der Waals surface area contributed by atoms with Crippen LogP contribution in [0.2, 0.25) is 0 Å². The number of fused-ring (bicyclic) bond motifs is 2. The Labute approximate surface area is 238 Å². The second kappa shape index (κ2) is 11.8. The van der Waals surface area contributed by atoms with Gasteiger partial charge in [-0.25, -0.2) is 9.97 Å². The normalized spacial score (nSPS) is 14.1. The molecule has 1 aliphatic heterocycles. The summed E-state index contributed by atoms with van der Waals surface area (Å²) in [4.78, 5) is 16.1. The molecular formula is C34H27ClN4O. The highest BCUT2D eigenvalue weighted by molar-refractivity contribution is 6.19. The van der Waals surface area contributed by atoms with E-state index in [0.29, 0.717) is 18.2 Å². The summed E-state index contributed by atoms with van der Waals surface area (Å²) in [6, 6.07) is 26.2. The number of pyridine rings is 1. The van der Waals surface area contributed by atoms with Gasteiger partial charge in [0.2, 0.25) is 0 Å². The fraction of sp³-hybridized carbons (Fsp3) is 0.147. The molecule has 1 N–H and O–H groups in total. The number of halogens is 1. The van der Waals surface area contributed by atoms with Gasteiger partial charge in [-0.15, -0.1) is 11.6 Å². The number of aliphatic hydroxyl groups excluding tert-OH is 1. The standard InChI is InChI=1S/C34H27ClN4O/c35-18-3-4-24-7-9-25(10-8-24)11-12-26-13-15-27(16-14-26)34(40)39-19-17-29-21-37-33(38-32(29)23-39)30-20-28-5-1-2-6-31(28)36-22-30/h1-2,5-16,20-22,34,40H,17-19,23H2/b12-11+. The van der Waals surface area contributed by atoms with Crippen LogP contribution in [0.4, 0.5) is 0 Å². The van der Waals surface area contributed by atoms with E-state index in [4.69, 9.17) is 16.6 Å². The van der Waals surface area contributed by atoms with Crippen LogP contribution in [-0.4, -0.2) is 37.4 Å². The van der Waals surface area contributed by atoms with E-state index in [9.17, 15) is 5.11 Å². The fourth-order valence-electron chi connectivity index (χ4n) is 4.86. The molecule has 3 aromatic carbocycles. The van der Waals surface area contributed by atoms with E-state index in [0.717, 1.165) is 62.9 Å². The molecule has 0 saturated heterocycles. The van der Waals surface area contributed by atoms with Gasteiger partial charge in [0.15, 0.2) is 5.82 Å². The zero-order valence-electron chi connectivity index (χ0n) is 21.8. The molecule has 5 nitrogen and oxygen atoms in total. The molecule has 1 unspecified atom stereocenters. The number of alkyl halides is 1. The second-order valence-electron chi connectivity index (χ2n) is 9.73. The largest absolute Gasteiger partial charge is 0.374 e. The van der Waals surface area contributed by atoms with Crippen molar-refractivity contribution < 1.29 is 5.11 Å². The molecule has 0 bridgehead atoms. The summed E-state index contributed by atoms with van der Waals surface area (Å²) in [7, 11) is 0. The molecule has 0 spiro atoms. The quantitative estimate of drug-likeness (QED) is 0.156. The Morgan fingerprint density at radius 1 is 0.925 bits per heavy atom. The van der Waals surface area contributed by atoms with Gasteiger partial charge >= 0.3 is 0 Å². The Kier molecular flexibility index (Phi) is 7.65. The Bertz CT molecular complexity index is 1740. The molecule has 0 fully saturated rings. The molecule has 196 valence electrons. The lowest BCUT2D eigenvalue weighted by molar-refractivity contribution is -0.00881. The van der Waals surface area contributed by atoms with E-state index in [1.165, 1.54) is 0 Å². The van der Waals surface area contributed by atoms with Gasteiger partial charge in [0.05, 0.1) is 17.1 Å². The summed E-state index contributed by atoms with van der Waals surface area (Å²) in [5, 5.41) is 12.3. The van der Waals surface area contributed by atoms with Gasteiger partial charge in [0.25, 0.3) is 0 Å². The predicted molar refractivity (Wildman–Crippen MR) is 161 cm³/mol. The monoisotopic (exact) mass is 542 g/mol. The van der Waals surface area contributed by atoms with Crippen LogP contribution in [0.25, 0.3) is 34.4 Å². The van der Waals surface area contributed by atoms with Crippen molar-refractivity contribution in [3.63, 3.8) is 0 Å². The maximum absolute atomic E-state index is 11.2. The third-order valence-corrected chi connectivity index (χ3v) is 7.22. The van der Waals surface area contributed by atoms with E-state index in [-0.39, 0.29) is 0 Å². The molecule has 0 saturated carbocycles. The second-order valence-corrected chi connectivity index (χ2v) is 10.0. The number of nitrogens with zero attached hydrogens (tertiary/aromatic N) is 4. The van der Waals surface area contributed by atoms with E-state index in [2.05, 4.69) is 44.9 Å². The summed E-state index contributed by atoms with van der Waals surface area (Å²) in [5.74, 6) is 6.87. The number of para-hydroxylation sites is 1. The first-order valence-electron chi connectivity index (χ1n) is 13.2. The number of rotatable bonds is 5. The molecule has 0 aliphatic carbocycles. The van der Waals surface area contributed by atoms with Crippen LogP contribution in [0.15, 0.2) is 91.3 Å². The van der Waals surface area contributed by atoms with Crippen LogP contribution in [0, 0.1) is 11.8 Å². The van der Waals surface area contributed by atoms with E-state index >= 15 is 0 Å². The molecule has 6 rings (SSSR count). The Morgan fingerprint density at radius 2 is 1.68 bits per heavy atom. The number of hydrogen-bond acceptors (Lipinski definition) is 5. The van der Waals surface area contributed by atoms with Gasteiger partial charge in [-0.3, -0.25) is 9.88 Å². The van der Waals surface area contributed by atoms with E-state index in [1.807, 2.05) is 85.2 Å². The van der Waals surface area contributed by atoms with Crippen molar-refractivity contribution in [1.29, 1.82) is 0 Å². The van der Waals surface area contributed by atoms with Crippen molar-refractivity contribution in [2.24, 2.45) is 0 Å². The van der Waals surface area contributed by atoms with Crippen molar-refractivity contribution >= 4 is 34.7 Å². The minimum atomic E-state index is -0.714. The van der Waals surface area contributed by atoms with Crippen molar-refractivity contribution in [2.45, 2.75) is 19.2 Å². The molecular weight excluding hydrogens is 516 g/mol. The van der Waals surface area contributed by atoms with Crippen LogP contribution in [0.5, 0.6) is 0 Å². The maximum atomic E-state index is 11.2. The van der Waals surface area contributed by atoms with Gasteiger partial charge < -0.3 is 5.11 Å². The average molecular weight is 543 g/mol. The summed E-state index contributed by atoms with van der Waals surface area (Å²) >= 11 is 5.63. The first kappa shape index (κ1) is 25.9. The van der Waals surface area contributed by atoms with Gasteiger partial charge in [0, 0.05) is 42.0 Å². The smallest absolute Gasteiger partial charge is 0.161 e. The highest BCUT2D eigenvalue weighted by Crippen LogP contribution is 2.27. The molecule has 40 heavy (non-hydrogen) atoms. The number of hydrogen-bond donors (Lipinski definition) is 1. The van der Waals surface area contributed by atoms with Crippen LogP contribution in [0.3, 0.4) is 0 Å². The first-order valence-corrected chi connectivity index (χ1v) is 13.7. The zero-order chi connectivity index (χ0) is 27.3. The van der Waals surface area contributed by atoms with Gasteiger partial charge in [-0.1, -0.05) is 78.6 Å². The summed E-state index contributed by atoms with van der Waals surface area (Å²) < 4.78 is 0. The summed E-state index contributed by atoms with van der Waals surface area (Å²) in [6.45, 7) is 1.29. The third kappa shape index (κ3) is 5.80.